The standard InChI is InChI=1S/C17H18N2PS.ClH/c1-18-13-14-19(2)17(18)20(21,15-9-5-3-6-10-15)16-11-7-4-8-12-16;/h3-14H,1-2H3;1H/q+1;/p-1. The molecule has 3 aromatic rings. The monoisotopic (exact) mass is 348 g/mol. The van der Waals surface area contributed by atoms with Gasteiger partial charge in [0.1, 0.15) is 18.4 Å². The van der Waals surface area contributed by atoms with Gasteiger partial charge in [0, 0.05) is 10.6 Å². The van der Waals surface area contributed by atoms with E-state index in [0.29, 0.717) is 0 Å². The van der Waals surface area contributed by atoms with Crippen molar-refractivity contribution in [2.75, 3.05) is 0 Å². The Labute approximate surface area is 142 Å². The van der Waals surface area contributed by atoms with Crippen LogP contribution in [0.25, 0.3) is 0 Å². The van der Waals surface area contributed by atoms with Crippen molar-refractivity contribution in [2.24, 2.45) is 14.1 Å². The van der Waals surface area contributed by atoms with Gasteiger partial charge in [0.05, 0.1) is 14.1 Å². The van der Waals surface area contributed by atoms with Gasteiger partial charge in [-0.3, -0.25) is 0 Å². The van der Waals surface area contributed by atoms with Crippen LogP contribution in [0.5, 0.6) is 0 Å². The zero-order chi connectivity index (χ0) is 14.9. The van der Waals surface area contributed by atoms with Gasteiger partial charge in [-0.1, -0.05) is 72.5 Å². The van der Waals surface area contributed by atoms with Crippen LogP contribution < -0.4 is 33.1 Å². The molecule has 5 heteroatoms. The number of benzene rings is 2. The van der Waals surface area contributed by atoms with Crippen LogP contribution in [0.2, 0.25) is 0 Å². The lowest BCUT2D eigenvalue weighted by Gasteiger charge is -2.20. The van der Waals surface area contributed by atoms with E-state index in [2.05, 4.69) is 84.2 Å². The minimum absolute atomic E-state index is 0. The average molecular weight is 349 g/mol. The maximum absolute atomic E-state index is 6.30. The van der Waals surface area contributed by atoms with E-state index >= 15 is 0 Å². The van der Waals surface area contributed by atoms with Gasteiger partial charge in [-0.2, -0.15) is 0 Å². The maximum Gasteiger partial charge on any atom is 0.294 e. The zero-order valence-electron chi connectivity index (χ0n) is 12.6. The molecular formula is C17H18ClN2PS. The third-order valence-corrected chi connectivity index (χ3v) is 8.67. The van der Waals surface area contributed by atoms with Gasteiger partial charge in [0.2, 0.25) is 0 Å². The lowest BCUT2D eigenvalue weighted by molar-refractivity contribution is -0.652. The summed E-state index contributed by atoms with van der Waals surface area (Å²) >= 11 is 6.30. The minimum atomic E-state index is -2.04. The summed E-state index contributed by atoms with van der Waals surface area (Å²) in [6, 6.07) is 18.9. The number of imidazole rings is 1. The molecule has 0 aliphatic rings. The van der Waals surface area contributed by atoms with Crippen molar-refractivity contribution >= 4 is 34.0 Å². The summed E-state index contributed by atoms with van der Waals surface area (Å²) in [6.45, 7) is 0. The highest BCUT2D eigenvalue weighted by atomic mass is 35.5. The fourth-order valence-corrected chi connectivity index (χ4v) is 7.15. The highest BCUT2D eigenvalue weighted by Crippen LogP contribution is 2.41. The van der Waals surface area contributed by atoms with E-state index in [1.165, 1.54) is 16.2 Å². The van der Waals surface area contributed by atoms with Crippen LogP contribution in [0.4, 0.5) is 0 Å². The van der Waals surface area contributed by atoms with E-state index in [9.17, 15) is 0 Å². The van der Waals surface area contributed by atoms with Gasteiger partial charge in [0.25, 0.3) is 5.57 Å². The fraction of sp³-hybridized carbons (Fsp3) is 0.118. The molecule has 2 aromatic carbocycles. The van der Waals surface area contributed by atoms with Gasteiger partial charge in [-0.25, -0.2) is 9.13 Å². The van der Waals surface area contributed by atoms with Gasteiger partial charge < -0.3 is 12.4 Å². The molecule has 114 valence electrons. The second-order valence-corrected chi connectivity index (χ2v) is 9.39. The number of rotatable bonds is 3. The Morgan fingerprint density at radius 2 is 1.36 bits per heavy atom. The molecule has 0 atom stereocenters. The molecule has 0 fully saturated rings. The van der Waals surface area contributed by atoms with E-state index in [-0.39, 0.29) is 12.4 Å². The number of halogens is 1. The first-order valence-electron chi connectivity index (χ1n) is 6.87. The van der Waals surface area contributed by atoms with Crippen molar-refractivity contribution in [1.29, 1.82) is 0 Å². The van der Waals surface area contributed by atoms with Crippen molar-refractivity contribution < 1.29 is 17.0 Å². The third-order valence-electron chi connectivity index (χ3n) is 3.67. The van der Waals surface area contributed by atoms with E-state index in [1.54, 1.807) is 0 Å². The SMILES string of the molecule is Cn1cc[n+](C)c1P(=S)(c1ccccc1)c1ccccc1.[Cl-]. The van der Waals surface area contributed by atoms with Crippen molar-refractivity contribution in [3.05, 3.63) is 73.1 Å². The molecule has 0 unspecified atom stereocenters. The third kappa shape index (κ3) is 2.77. The second kappa shape index (κ2) is 6.78. The molecule has 0 aliphatic carbocycles. The highest BCUT2D eigenvalue weighted by Gasteiger charge is 2.34. The molecule has 0 radical (unpaired) electrons. The van der Waals surface area contributed by atoms with Crippen LogP contribution in [0.1, 0.15) is 0 Å². The van der Waals surface area contributed by atoms with Crippen molar-refractivity contribution in [2.45, 2.75) is 0 Å². The quantitative estimate of drug-likeness (QED) is 0.418. The van der Waals surface area contributed by atoms with Crippen LogP contribution >= 0.6 is 6.04 Å². The Kier molecular flexibility index (Phi) is 5.23. The van der Waals surface area contributed by atoms with Crippen molar-refractivity contribution in [1.82, 2.24) is 4.57 Å². The summed E-state index contributed by atoms with van der Waals surface area (Å²) in [5.41, 5.74) is 1.19. The van der Waals surface area contributed by atoms with Crippen molar-refractivity contribution in [3.63, 3.8) is 0 Å². The number of nitrogens with zero attached hydrogens (tertiary/aromatic N) is 2. The van der Waals surface area contributed by atoms with Crippen LogP contribution in [0.15, 0.2) is 73.1 Å². The molecule has 0 N–H and O–H groups in total. The summed E-state index contributed by atoms with van der Waals surface area (Å²) in [4.78, 5) is 0. The van der Waals surface area contributed by atoms with E-state index in [4.69, 9.17) is 11.8 Å². The van der Waals surface area contributed by atoms with Crippen molar-refractivity contribution in [3.8, 4) is 0 Å². The molecule has 0 saturated carbocycles. The largest absolute Gasteiger partial charge is 1.00 e. The van der Waals surface area contributed by atoms with E-state index in [0.717, 1.165) is 0 Å². The molecule has 22 heavy (non-hydrogen) atoms. The molecule has 1 aromatic heterocycles. The molecule has 1 heterocycles. The summed E-state index contributed by atoms with van der Waals surface area (Å²) in [5, 5.41) is 2.45. The number of aryl methyl sites for hydroxylation is 2. The second-order valence-electron chi connectivity index (χ2n) is 5.10. The predicted molar refractivity (Wildman–Crippen MR) is 92.7 cm³/mol. The van der Waals surface area contributed by atoms with E-state index in [1.807, 2.05) is 12.1 Å². The Morgan fingerprint density at radius 1 is 0.909 bits per heavy atom. The maximum atomic E-state index is 6.30. The van der Waals surface area contributed by atoms with Gasteiger partial charge >= 0.3 is 0 Å². The molecule has 3 rings (SSSR count). The molecule has 0 aliphatic heterocycles. The van der Waals surface area contributed by atoms with Crippen LogP contribution in [0.3, 0.4) is 0 Å². The first-order valence-corrected chi connectivity index (χ1v) is 9.67. The first-order chi connectivity index (χ1) is 10.1. The Morgan fingerprint density at radius 3 is 1.73 bits per heavy atom. The van der Waals surface area contributed by atoms with Crippen LogP contribution in [-0.2, 0) is 25.9 Å². The predicted octanol–water partition coefficient (Wildman–Crippen LogP) is -1.39. The first kappa shape index (κ1) is 17.0. The normalized spacial score (nSPS) is 11.0. The smallest absolute Gasteiger partial charge is 0.294 e. The number of hydrogen-bond donors (Lipinski definition) is 0. The minimum Gasteiger partial charge on any atom is -1.00 e. The van der Waals surface area contributed by atoms with Crippen LogP contribution in [0, 0.1) is 0 Å². The number of hydrogen-bond acceptors (Lipinski definition) is 1. The highest BCUT2D eigenvalue weighted by molar-refractivity contribution is 8.25. The van der Waals surface area contributed by atoms with Gasteiger partial charge in [0.15, 0.2) is 0 Å². The summed E-state index contributed by atoms with van der Waals surface area (Å²) in [5.74, 6) is 0. The lowest BCUT2D eigenvalue weighted by Crippen LogP contribution is -3.00. The molecule has 0 bridgehead atoms. The summed E-state index contributed by atoms with van der Waals surface area (Å²) < 4.78 is 4.31. The zero-order valence-corrected chi connectivity index (χ0v) is 15.0. The van der Waals surface area contributed by atoms with Crippen LogP contribution in [-0.4, -0.2) is 4.57 Å². The van der Waals surface area contributed by atoms with Gasteiger partial charge in [-0.05, 0) is 0 Å². The Bertz CT molecular complexity index is 737. The number of aromatic nitrogens is 2. The Hall–Kier alpha value is -1.41. The summed E-state index contributed by atoms with van der Waals surface area (Å²) in [6.07, 6.45) is 4.14. The molecule has 2 nitrogen and oxygen atoms in total. The molecule has 0 spiro atoms. The molecular weight excluding hydrogens is 331 g/mol. The fourth-order valence-electron chi connectivity index (χ4n) is 2.68. The average Bonchev–Trinajstić information content (AvgIpc) is 2.88. The molecule has 0 amide bonds. The Balaban J connectivity index is 0.00000176. The van der Waals surface area contributed by atoms with Gasteiger partial charge in [-0.15, -0.1) is 0 Å². The summed E-state index contributed by atoms with van der Waals surface area (Å²) in [7, 11) is 4.14. The lowest BCUT2D eigenvalue weighted by atomic mass is 10.4. The topological polar surface area (TPSA) is 8.81 Å². The van der Waals surface area contributed by atoms with E-state index < -0.39 is 6.04 Å². The molecule has 0 saturated heterocycles.